The first kappa shape index (κ1) is 11.8. The van der Waals surface area contributed by atoms with E-state index in [0.717, 1.165) is 5.56 Å². The molecule has 2 aliphatic rings. The van der Waals surface area contributed by atoms with Crippen molar-refractivity contribution in [3.63, 3.8) is 0 Å². The van der Waals surface area contributed by atoms with Gasteiger partial charge in [-0.3, -0.25) is 9.69 Å². The van der Waals surface area contributed by atoms with Gasteiger partial charge >= 0.3 is 5.97 Å². The minimum atomic E-state index is -1.41. The van der Waals surface area contributed by atoms with Gasteiger partial charge in [0.1, 0.15) is 5.76 Å². The van der Waals surface area contributed by atoms with Gasteiger partial charge in [-0.15, -0.1) is 0 Å². The van der Waals surface area contributed by atoms with Crippen molar-refractivity contribution in [2.45, 2.75) is 25.1 Å². The quantitative estimate of drug-likeness (QED) is 0.816. The Balaban J connectivity index is 2.04. The van der Waals surface area contributed by atoms with Gasteiger partial charge in [0, 0.05) is 0 Å². The molecule has 0 saturated carbocycles. The number of carboxylic acids is 1. The number of rotatable bonds is 2. The highest BCUT2D eigenvalue weighted by atomic mass is 16.5. The monoisotopic (exact) mass is 259 g/mol. The van der Waals surface area contributed by atoms with E-state index in [2.05, 4.69) is 0 Å². The summed E-state index contributed by atoms with van der Waals surface area (Å²) in [7, 11) is 0. The highest BCUT2D eigenvalue weighted by molar-refractivity contribution is 5.95. The Morgan fingerprint density at radius 1 is 1.47 bits per heavy atom. The van der Waals surface area contributed by atoms with Crippen LogP contribution in [-0.2, 0) is 14.3 Å². The molecule has 0 aromatic heterocycles. The van der Waals surface area contributed by atoms with Crippen molar-refractivity contribution in [1.82, 2.24) is 4.90 Å². The number of hydrogen-bond donors (Lipinski definition) is 1. The summed E-state index contributed by atoms with van der Waals surface area (Å²) < 4.78 is 5.60. The van der Waals surface area contributed by atoms with E-state index >= 15 is 0 Å². The molecule has 3 rings (SSSR count). The molecule has 2 atom stereocenters. The van der Waals surface area contributed by atoms with E-state index in [1.807, 2.05) is 30.3 Å². The Labute approximate surface area is 110 Å². The lowest BCUT2D eigenvalue weighted by atomic mass is 9.93. The fourth-order valence-corrected chi connectivity index (χ4v) is 2.48. The standard InChI is InChI=1S/C14H13NO4/c1-14(13(17)18)10(7-9-5-3-2-4-6-9)19-12-8-11(16)15(12)14/h2-7,12H,8H2,1H3,(H,17,18). The predicted molar refractivity (Wildman–Crippen MR) is 66.8 cm³/mol. The van der Waals surface area contributed by atoms with Crippen LogP contribution in [-0.4, -0.2) is 33.6 Å². The van der Waals surface area contributed by atoms with E-state index in [1.54, 1.807) is 6.08 Å². The van der Waals surface area contributed by atoms with Gasteiger partial charge in [-0.1, -0.05) is 30.3 Å². The molecule has 98 valence electrons. The summed E-state index contributed by atoms with van der Waals surface area (Å²) in [6, 6.07) is 9.32. The van der Waals surface area contributed by atoms with Crippen LogP contribution in [0.5, 0.6) is 0 Å². The normalized spacial score (nSPS) is 30.8. The van der Waals surface area contributed by atoms with Crippen LogP contribution in [0.4, 0.5) is 0 Å². The lowest BCUT2D eigenvalue weighted by Crippen LogP contribution is -2.61. The molecule has 1 N–H and O–H groups in total. The van der Waals surface area contributed by atoms with Crippen molar-refractivity contribution in [3.05, 3.63) is 41.7 Å². The van der Waals surface area contributed by atoms with E-state index in [4.69, 9.17) is 4.74 Å². The smallest absolute Gasteiger partial charge is 0.337 e. The van der Waals surface area contributed by atoms with Crippen molar-refractivity contribution in [2.24, 2.45) is 0 Å². The second-order valence-corrected chi connectivity index (χ2v) is 4.84. The molecule has 1 aromatic carbocycles. The summed E-state index contributed by atoms with van der Waals surface area (Å²) in [6.45, 7) is 1.50. The third-order valence-electron chi connectivity index (χ3n) is 3.64. The first-order valence-corrected chi connectivity index (χ1v) is 6.03. The molecule has 2 aliphatic heterocycles. The van der Waals surface area contributed by atoms with Gasteiger partial charge < -0.3 is 9.84 Å². The van der Waals surface area contributed by atoms with E-state index in [-0.39, 0.29) is 12.3 Å². The number of ether oxygens (including phenoxy) is 1. The van der Waals surface area contributed by atoms with Gasteiger partial charge in [0.15, 0.2) is 11.8 Å². The van der Waals surface area contributed by atoms with Crippen LogP contribution in [0, 0.1) is 0 Å². The Hall–Kier alpha value is -2.30. The van der Waals surface area contributed by atoms with Crippen LogP contribution in [0.2, 0.25) is 0 Å². The molecule has 2 unspecified atom stereocenters. The number of hydrogen-bond acceptors (Lipinski definition) is 3. The summed E-state index contributed by atoms with van der Waals surface area (Å²) in [4.78, 5) is 24.4. The third kappa shape index (κ3) is 1.54. The largest absolute Gasteiger partial charge is 0.479 e. The number of β-lactam (4-membered cyclic amide) rings is 1. The van der Waals surface area contributed by atoms with Gasteiger partial charge in [-0.05, 0) is 18.6 Å². The first-order valence-electron chi connectivity index (χ1n) is 6.03. The number of carboxylic acid groups (broad SMARTS) is 1. The van der Waals surface area contributed by atoms with Crippen LogP contribution in [0.25, 0.3) is 6.08 Å². The van der Waals surface area contributed by atoms with Gasteiger partial charge in [-0.2, -0.15) is 0 Å². The number of benzene rings is 1. The van der Waals surface area contributed by atoms with Crippen LogP contribution in [0.15, 0.2) is 36.1 Å². The van der Waals surface area contributed by atoms with Gasteiger partial charge in [0.2, 0.25) is 5.91 Å². The number of fused-ring (bicyclic) bond motifs is 1. The molecule has 2 saturated heterocycles. The molecule has 19 heavy (non-hydrogen) atoms. The molecule has 0 radical (unpaired) electrons. The van der Waals surface area contributed by atoms with Gasteiger partial charge in [0.25, 0.3) is 0 Å². The third-order valence-corrected chi connectivity index (χ3v) is 3.64. The first-order chi connectivity index (χ1) is 9.03. The SMILES string of the molecule is CC1(C(=O)O)C(=Cc2ccccc2)OC2CC(=O)N21. The Kier molecular flexibility index (Phi) is 2.38. The number of carbonyl (C=O) groups excluding carboxylic acids is 1. The molecule has 5 nitrogen and oxygen atoms in total. The van der Waals surface area contributed by atoms with Crippen LogP contribution in [0.3, 0.4) is 0 Å². The molecule has 0 aliphatic carbocycles. The van der Waals surface area contributed by atoms with Crippen molar-refractivity contribution in [2.75, 3.05) is 0 Å². The predicted octanol–water partition coefficient (Wildman–Crippen LogP) is 1.46. The summed E-state index contributed by atoms with van der Waals surface area (Å²) in [5.74, 6) is -0.960. The Morgan fingerprint density at radius 2 is 2.16 bits per heavy atom. The molecule has 2 fully saturated rings. The zero-order chi connectivity index (χ0) is 13.6. The van der Waals surface area contributed by atoms with E-state index in [9.17, 15) is 14.7 Å². The van der Waals surface area contributed by atoms with E-state index in [1.165, 1.54) is 11.8 Å². The minimum absolute atomic E-state index is 0.189. The van der Waals surface area contributed by atoms with Crippen LogP contribution in [0.1, 0.15) is 18.9 Å². The zero-order valence-electron chi connectivity index (χ0n) is 10.4. The summed E-state index contributed by atoms with van der Waals surface area (Å²) >= 11 is 0. The Bertz CT molecular complexity index is 580. The molecular weight excluding hydrogens is 246 g/mol. The fraction of sp³-hybridized carbons (Fsp3) is 0.286. The molecule has 5 heteroatoms. The topological polar surface area (TPSA) is 66.8 Å². The van der Waals surface area contributed by atoms with Crippen LogP contribution >= 0.6 is 0 Å². The summed E-state index contributed by atoms with van der Waals surface area (Å²) in [5.41, 5.74) is -0.560. The molecule has 1 amide bonds. The summed E-state index contributed by atoms with van der Waals surface area (Å²) in [6.07, 6.45) is 1.48. The highest BCUT2D eigenvalue weighted by Gasteiger charge is 2.62. The lowest BCUT2D eigenvalue weighted by molar-refractivity contribution is -0.169. The Morgan fingerprint density at radius 3 is 2.74 bits per heavy atom. The second kappa shape index (κ2) is 3.85. The fourth-order valence-electron chi connectivity index (χ4n) is 2.48. The van der Waals surface area contributed by atoms with Gasteiger partial charge in [0.05, 0.1) is 6.42 Å². The molecule has 0 bridgehead atoms. The van der Waals surface area contributed by atoms with Crippen molar-refractivity contribution >= 4 is 18.0 Å². The average molecular weight is 259 g/mol. The minimum Gasteiger partial charge on any atom is -0.479 e. The van der Waals surface area contributed by atoms with Crippen molar-refractivity contribution < 1.29 is 19.4 Å². The average Bonchev–Trinajstić information content (AvgIpc) is 2.59. The zero-order valence-corrected chi connectivity index (χ0v) is 10.4. The van der Waals surface area contributed by atoms with Crippen LogP contribution < -0.4 is 0 Å². The number of carbonyl (C=O) groups is 2. The second-order valence-electron chi connectivity index (χ2n) is 4.84. The number of aliphatic carboxylic acids is 1. The van der Waals surface area contributed by atoms with E-state index in [0.29, 0.717) is 5.76 Å². The molecule has 2 heterocycles. The summed E-state index contributed by atoms with van der Waals surface area (Å²) in [5, 5.41) is 9.45. The van der Waals surface area contributed by atoms with Crippen molar-refractivity contribution in [3.8, 4) is 0 Å². The van der Waals surface area contributed by atoms with Gasteiger partial charge in [-0.25, -0.2) is 4.79 Å². The lowest BCUT2D eigenvalue weighted by Gasteiger charge is -2.38. The maximum atomic E-state index is 11.6. The number of amides is 1. The van der Waals surface area contributed by atoms with E-state index < -0.39 is 17.7 Å². The van der Waals surface area contributed by atoms with Crippen molar-refractivity contribution in [1.29, 1.82) is 0 Å². The maximum absolute atomic E-state index is 11.6. The molecule has 1 aromatic rings. The molecular formula is C14H13NO4. The highest BCUT2D eigenvalue weighted by Crippen LogP contribution is 2.44. The molecule has 0 spiro atoms. The number of nitrogens with zero attached hydrogens (tertiary/aromatic N) is 1. The maximum Gasteiger partial charge on any atom is 0.337 e.